The number of hydrogen-bond acceptors (Lipinski definition) is 4. The molecule has 148 valence electrons. The molecule has 0 saturated heterocycles. The lowest BCUT2D eigenvalue weighted by Gasteiger charge is -2.18. The summed E-state index contributed by atoms with van der Waals surface area (Å²) < 4.78 is 22.4. The molecule has 3 N–H and O–H groups in total. The lowest BCUT2D eigenvalue weighted by molar-refractivity contribution is 0.0996. The Bertz CT molecular complexity index is 757. The van der Waals surface area contributed by atoms with Gasteiger partial charge >= 0.3 is 0 Å². The third-order valence-electron chi connectivity index (χ3n) is 3.80. The molecule has 1 aromatic carbocycles. The third kappa shape index (κ3) is 7.61. The summed E-state index contributed by atoms with van der Waals surface area (Å²) in [5.41, 5.74) is 8.89. The van der Waals surface area contributed by atoms with Crippen LogP contribution in [-0.2, 0) is 0 Å². The smallest absolute Gasteiger partial charge is 0.252 e. The average molecular weight is 393 g/mol. The fourth-order valence-electron chi connectivity index (χ4n) is 2.33. The third-order valence-corrected chi connectivity index (χ3v) is 5.19. The topological polar surface area (TPSA) is 64.3 Å². The highest BCUT2D eigenvalue weighted by molar-refractivity contribution is 8.01. The van der Waals surface area contributed by atoms with Crippen molar-refractivity contribution in [1.29, 1.82) is 0 Å². The van der Waals surface area contributed by atoms with E-state index in [9.17, 15) is 9.18 Å². The van der Waals surface area contributed by atoms with Crippen molar-refractivity contribution in [2.75, 3.05) is 6.61 Å². The van der Waals surface area contributed by atoms with Crippen molar-refractivity contribution in [1.82, 2.24) is 4.72 Å². The molecule has 6 heteroatoms. The van der Waals surface area contributed by atoms with Gasteiger partial charge in [-0.3, -0.25) is 9.52 Å². The molecule has 1 atom stereocenters. The lowest BCUT2D eigenvalue weighted by Crippen LogP contribution is -2.27. The Morgan fingerprint density at radius 1 is 1.41 bits per heavy atom. The fraction of sp³-hybridized carbons (Fsp3) is 0.381. The molecule has 0 fully saturated rings. The van der Waals surface area contributed by atoms with Crippen LogP contribution in [0.4, 0.5) is 4.39 Å². The van der Waals surface area contributed by atoms with Crippen LogP contribution >= 0.6 is 11.9 Å². The predicted octanol–water partition coefficient (Wildman–Crippen LogP) is 5.14. The van der Waals surface area contributed by atoms with Gasteiger partial charge < -0.3 is 10.5 Å². The number of primary amides is 1. The number of hydrogen-bond donors (Lipinski definition) is 2. The molecule has 1 rings (SSSR count). The van der Waals surface area contributed by atoms with Gasteiger partial charge in [0.1, 0.15) is 18.2 Å². The minimum absolute atomic E-state index is 0.0451. The van der Waals surface area contributed by atoms with E-state index in [-0.39, 0.29) is 24.0 Å². The van der Waals surface area contributed by atoms with Crippen LogP contribution in [0.25, 0.3) is 0 Å². The van der Waals surface area contributed by atoms with Crippen LogP contribution in [0.2, 0.25) is 0 Å². The quantitative estimate of drug-likeness (QED) is 0.428. The Hall–Kier alpha value is -2.05. The summed E-state index contributed by atoms with van der Waals surface area (Å²) >= 11 is 1.54. The largest absolute Gasteiger partial charge is 0.491 e. The van der Waals surface area contributed by atoms with E-state index in [0.717, 1.165) is 22.5 Å². The van der Waals surface area contributed by atoms with E-state index in [1.807, 2.05) is 13.8 Å². The van der Waals surface area contributed by atoms with Gasteiger partial charge in [-0.05, 0) is 63.8 Å². The summed E-state index contributed by atoms with van der Waals surface area (Å²) in [6.07, 6.45) is 3.00. The molecule has 0 bridgehead atoms. The summed E-state index contributed by atoms with van der Waals surface area (Å²) in [6.45, 7) is 14.4. The second kappa shape index (κ2) is 10.9. The molecule has 0 saturated carbocycles. The molecule has 0 spiro atoms. The van der Waals surface area contributed by atoms with E-state index in [1.165, 1.54) is 35.7 Å². The van der Waals surface area contributed by atoms with Gasteiger partial charge in [-0.15, -0.1) is 0 Å². The van der Waals surface area contributed by atoms with Gasteiger partial charge in [0.25, 0.3) is 5.91 Å². The molecule has 1 unspecified atom stereocenters. The number of nitrogens with two attached hydrogens (primary N) is 1. The Morgan fingerprint density at radius 3 is 2.63 bits per heavy atom. The van der Waals surface area contributed by atoms with Gasteiger partial charge in [-0.1, -0.05) is 30.7 Å². The summed E-state index contributed by atoms with van der Waals surface area (Å²) in [5, 5.41) is 0. The molecule has 4 nitrogen and oxygen atoms in total. The van der Waals surface area contributed by atoms with E-state index < -0.39 is 11.7 Å². The molecule has 0 heterocycles. The monoisotopic (exact) mass is 392 g/mol. The Labute approximate surface area is 165 Å². The zero-order valence-electron chi connectivity index (χ0n) is 16.7. The van der Waals surface area contributed by atoms with Crippen LogP contribution in [-0.4, -0.2) is 18.6 Å². The second-order valence-electron chi connectivity index (χ2n) is 6.57. The van der Waals surface area contributed by atoms with Gasteiger partial charge in [0, 0.05) is 17.0 Å². The number of rotatable bonds is 10. The van der Waals surface area contributed by atoms with Crippen molar-refractivity contribution in [2.45, 2.75) is 47.1 Å². The molecule has 0 radical (unpaired) electrons. The highest BCUT2D eigenvalue weighted by atomic mass is 32.2. The van der Waals surface area contributed by atoms with Crippen LogP contribution in [0.15, 0.2) is 52.5 Å². The Balaban J connectivity index is 2.77. The van der Waals surface area contributed by atoms with Gasteiger partial charge in [-0.2, -0.15) is 0 Å². The van der Waals surface area contributed by atoms with Crippen LogP contribution in [0, 0.1) is 5.82 Å². The molecular formula is C21H29FN2O2S. The molecule has 0 aliphatic heterocycles. The van der Waals surface area contributed by atoms with Gasteiger partial charge in [0.2, 0.25) is 0 Å². The molecule has 0 aliphatic carbocycles. The van der Waals surface area contributed by atoms with E-state index in [0.29, 0.717) is 0 Å². The summed E-state index contributed by atoms with van der Waals surface area (Å²) in [4.78, 5) is 12.6. The van der Waals surface area contributed by atoms with Crippen molar-refractivity contribution in [3.8, 4) is 5.75 Å². The first kappa shape index (κ1) is 23.0. The molecule has 1 amide bonds. The maximum Gasteiger partial charge on any atom is 0.252 e. The Morgan fingerprint density at radius 2 is 2.07 bits per heavy atom. The van der Waals surface area contributed by atoms with Gasteiger partial charge in [-0.25, -0.2) is 4.39 Å². The van der Waals surface area contributed by atoms with Crippen molar-refractivity contribution in [2.24, 2.45) is 5.73 Å². The van der Waals surface area contributed by atoms with E-state index >= 15 is 0 Å². The summed E-state index contributed by atoms with van der Waals surface area (Å²) in [6, 6.07) is 3.64. The second-order valence-corrected chi connectivity index (χ2v) is 7.42. The Kier molecular flexibility index (Phi) is 9.32. The van der Waals surface area contributed by atoms with Gasteiger partial charge in [0.15, 0.2) is 0 Å². The number of benzene rings is 1. The molecule has 0 aromatic heterocycles. The zero-order valence-corrected chi connectivity index (χ0v) is 17.5. The number of ether oxygens (including phenoxy) is 1. The van der Waals surface area contributed by atoms with E-state index in [1.54, 1.807) is 0 Å². The number of nitrogens with one attached hydrogen (secondary N) is 1. The summed E-state index contributed by atoms with van der Waals surface area (Å²) in [7, 11) is 0. The minimum Gasteiger partial charge on any atom is -0.491 e. The summed E-state index contributed by atoms with van der Waals surface area (Å²) in [5.74, 6) is -0.973. The molecular weight excluding hydrogens is 363 g/mol. The zero-order chi connectivity index (χ0) is 20.6. The van der Waals surface area contributed by atoms with E-state index in [2.05, 4.69) is 38.1 Å². The maximum atomic E-state index is 13.4. The highest BCUT2D eigenvalue weighted by Crippen LogP contribution is 2.28. The SMILES string of the molecule is C=C(C)/C=C(C)\C(SNC(C)COc1cc(F)ccc1C(N)=O)=C(\C)CC. The number of carbonyl (C=O) groups is 1. The van der Waals surface area contributed by atoms with Crippen molar-refractivity contribution < 1.29 is 13.9 Å². The standard InChI is InChI=1S/C21H29FN2O2S/c1-7-14(4)20(15(5)10-13(2)3)27-24-16(6)12-26-19-11-17(22)8-9-18(19)21(23)25/h8-11,16,24H,2,7,12H2,1,3-6H3,(H2,23,25)/b15-10-,20-14+. The first-order valence-electron chi connectivity index (χ1n) is 8.84. The van der Waals surface area contributed by atoms with Crippen molar-refractivity contribution in [3.63, 3.8) is 0 Å². The number of carbonyl (C=O) groups excluding carboxylic acids is 1. The fourth-order valence-corrected chi connectivity index (χ4v) is 3.25. The number of allylic oxidation sites excluding steroid dienone is 4. The maximum absolute atomic E-state index is 13.4. The molecule has 27 heavy (non-hydrogen) atoms. The highest BCUT2D eigenvalue weighted by Gasteiger charge is 2.13. The predicted molar refractivity (Wildman–Crippen MR) is 112 cm³/mol. The molecule has 0 aliphatic rings. The van der Waals surface area contributed by atoms with E-state index in [4.69, 9.17) is 10.5 Å². The minimum atomic E-state index is -0.649. The number of amides is 1. The first-order valence-corrected chi connectivity index (χ1v) is 9.65. The average Bonchev–Trinajstić information content (AvgIpc) is 2.58. The van der Waals surface area contributed by atoms with Crippen LogP contribution in [0.1, 0.15) is 51.4 Å². The first-order chi connectivity index (χ1) is 12.6. The van der Waals surface area contributed by atoms with Crippen molar-refractivity contribution in [3.05, 3.63) is 63.9 Å². The van der Waals surface area contributed by atoms with Gasteiger partial charge in [0.05, 0.1) is 5.56 Å². The van der Waals surface area contributed by atoms with Crippen molar-refractivity contribution >= 4 is 17.9 Å². The number of halogens is 1. The molecule has 1 aromatic rings. The normalized spacial score (nSPS) is 13.8. The lowest BCUT2D eigenvalue weighted by atomic mass is 10.1. The van der Waals surface area contributed by atoms with Crippen LogP contribution in [0.5, 0.6) is 5.75 Å². The van der Waals surface area contributed by atoms with Crippen LogP contribution in [0.3, 0.4) is 0 Å². The van der Waals surface area contributed by atoms with Crippen LogP contribution < -0.4 is 15.2 Å².